The summed E-state index contributed by atoms with van der Waals surface area (Å²) >= 11 is 0. The summed E-state index contributed by atoms with van der Waals surface area (Å²) in [5, 5.41) is 9.30. The Kier molecular flexibility index (Phi) is 2.91. The molecule has 5 heteroatoms. The summed E-state index contributed by atoms with van der Waals surface area (Å²) in [5.74, 6) is 0.0346. The number of pyridine rings is 1. The first kappa shape index (κ1) is 10.9. The molecule has 17 heavy (non-hydrogen) atoms. The number of hydrogen-bond donors (Lipinski definition) is 2. The third-order valence-corrected chi connectivity index (χ3v) is 2.24. The summed E-state index contributed by atoms with van der Waals surface area (Å²) < 4.78 is 4.71. The number of benzene rings is 1. The van der Waals surface area contributed by atoms with Crippen molar-refractivity contribution in [3.63, 3.8) is 0 Å². The quantitative estimate of drug-likeness (QED) is 0.780. The number of H-pyrrole nitrogens is 1. The second-order valence-corrected chi connectivity index (χ2v) is 3.34. The molecule has 0 saturated heterocycles. The van der Waals surface area contributed by atoms with Crippen molar-refractivity contribution < 1.29 is 14.6 Å². The molecule has 0 bridgehead atoms. The van der Waals surface area contributed by atoms with E-state index in [2.05, 4.69) is 4.98 Å². The van der Waals surface area contributed by atoms with Gasteiger partial charge in [-0.05, 0) is 23.8 Å². The fourth-order valence-electron chi connectivity index (χ4n) is 1.44. The molecule has 0 amide bonds. The van der Waals surface area contributed by atoms with Crippen LogP contribution in [0.1, 0.15) is 0 Å². The highest BCUT2D eigenvalue weighted by Gasteiger charge is 2.03. The van der Waals surface area contributed by atoms with E-state index in [0.717, 1.165) is 5.56 Å². The monoisotopic (exact) mass is 231 g/mol. The molecule has 0 aliphatic heterocycles. The summed E-state index contributed by atoms with van der Waals surface area (Å²) in [6, 6.07) is 8.07. The van der Waals surface area contributed by atoms with Crippen molar-refractivity contribution in [2.24, 2.45) is 0 Å². The molecule has 2 N–H and O–H groups in total. The molecule has 1 aromatic heterocycles. The van der Waals surface area contributed by atoms with Crippen LogP contribution in [0.3, 0.4) is 0 Å². The lowest BCUT2D eigenvalue weighted by molar-refractivity contribution is -0.120. The predicted octanol–water partition coefficient (Wildman–Crippen LogP) is 1.28. The first-order chi connectivity index (χ1) is 8.20. The highest BCUT2D eigenvalue weighted by Crippen LogP contribution is 2.24. The highest BCUT2D eigenvalue weighted by atomic mass is 16.5. The lowest BCUT2D eigenvalue weighted by atomic mass is 10.1. The summed E-state index contributed by atoms with van der Waals surface area (Å²) in [6.07, 6.45) is 1.47. The van der Waals surface area contributed by atoms with Gasteiger partial charge in [-0.2, -0.15) is 0 Å². The van der Waals surface area contributed by atoms with Crippen molar-refractivity contribution in [3.8, 4) is 22.6 Å². The third-order valence-electron chi connectivity index (χ3n) is 2.24. The maximum Gasteiger partial charge on any atom is 0.298 e. The van der Waals surface area contributed by atoms with Gasteiger partial charge in [-0.3, -0.25) is 9.59 Å². The summed E-state index contributed by atoms with van der Waals surface area (Å²) in [6.45, 7) is 0.337. The first-order valence-electron chi connectivity index (χ1n) is 4.83. The fourth-order valence-corrected chi connectivity index (χ4v) is 1.44. The molecule has 1 aromatic carbocycles. The number of ether oxygens (including phenoxy) is 1. The average molecular weight is 231 g/mol. The Labute approximate surface area is 96.3 Å². The van der Waals surface area contributed by atoms with Gasteiger partial charge in [0.25, 0.3) is 12.0 Å². The Bertz CT molecular complexity index is 603. The van der Waals surface area contributed by atoms with Gasteiger partial charge < -0.3 is 14.8 Å². The van der Waals surface area contributed by atoms with Crippen molar-refractivity contribution in [1.82, 2.24) is 4.98 Å². The Hall–Kier alpha value is -2.56. The van der Waals surface area contributed by atoms with Crippen LogP contribution in [-0.2, 0) is 4.79 Å². The molecule has 0 radical (unpaired) electrons. The molecular weight excluding hydrogens is 222 g/mol. The standard InChI is InChI=1S/C12H9NO4/c14-7-17-10-3-1-2-8(4-10)9-5-11(15)12(16)13-6-9/h1-7,15H,(H,13,16). The topological polar surface area (TPSA) is 79.4 Å². The van der Waals surface area contributed by atoms with Crippen LogP contribution in [0.4, 0.5) is 0 Å². The smallest absolute Gasteiger partial charge is 0.298 e. The van der Waals surface area contributed by atoms with Gasteiger partial charge in [-0.15, -0.1) is 0 Å². The van der Waals surface area contributed by atoms with E-state index in [4.69, 9.17) is 4.74 Å². The molecule has 0 aliphatic rings. The van der Waals surface area contributed by atoms with Gasteiger partial charge in [0, 0.05) is 11.8 Å². The zero-order chi connectivity index (χ0) is 12.3. The Morgan fingerprint density at radius 1 is 1.24 bits per heavy atom. The molecule has 2 rings (SSSR count). The number of aromatic amines is 1. The molecule has 0 unspecified atom stereocenters. The van der Waals surface area contributed by atoms with E-state index < -0.39 is 5.56 Å². The van der Waals surface area contributed by atoms with Gasteiger partial charge >= 0.3 is 0 Å². The molecule has 0 spiro atoms. The van der Waals surface area contributed by atoms with Crippen LogP contribution in [0.5, 0.6) is 11.5 Å². The number of carbonyl (C=O) groups excluding carboxylic acids is 1. The SMILES string of the molecule is O=COc1cccc(-c2c[nH]c(=O)c(O)c2)c1. The van der Waals surface area contributed by atoms with Crippen molar-refractivity contribution in [3.05, 3.63) is 46.9 Å². The van der Waals surface area contributed by atoms with E-state index in [1.54, 1.807) is 24.3 Å². The van der Waals surface area contributed by atoms with Crippen LogP contribution in [0.25, 0.3) is 11.1 Å². The lowest BCUT2D eigenvalue weighted by Gasteiger charge is -2.03. The molecule has 2 aromatic rings. The number of carbonyl (C=O) groups is 1. The van der Waals surface area contributed by atoms with E-state index in [9.17, 15) is 14.7 Å². The van der Waals surface area contributed by atoms with Gasteiger partial charge in [0.2, 0.25) is 0 Å². The van der Waals surface area contributed by atoms with E-state index in [0.29, 0.717) is 17.8 Å². The summed E-state index contributed by atoms with van der Waals surface area (Å²) in [7, 11) is 0. The number of hydrogen-bond acceptors (Lipinski definition) is 4. The van der Waals surface area contributed by atoms with Crippen molar-refractivity contribution in [2.45, 2.75) is 0 Å². The predicted molar refractivity (Wildman–Crippen MR) is 60.9 cm³/mol. The second-order valence-electron chi connectivity index (χ2n) is 3.34. The van der Waals surface area contributed by atoms with Crippen LogP contribution in [0.2, 0.25) is 0 Å². The van der Waals surface area contributed by atoms with Crippen LogP contribution < -0.4 is 10.3 Å². The minimum absolute atomic E-state index is 0.337. The van der Waals surface area contributed by atoms with Gasteiger partial charge in [0.15, 0.2) is 5.75 Å². The van der Waals surface area contributed by atoms with Crippen molar-refractivity contribution >= 4 is 6.47 Å². The molecule has 1 heterocycles. The van der Waals surface area contributed by atoms with Gasteiger partial charge in [0.1, 0.15) is 5.75 Å². The van der Waals surface area contributed by atoms with E-state index >= 15 is 0 Å². The van der Waals surface area contributed by atoms with Crippen LogP contribution >= 0.6 is 0 Å². The lowest BCUT2D eigenvalue weighted by Crippen LogP contribution is -2.03. The highest BCUT2D eigenvalue weighted by molar-refractivity contribution is 5.66. The number of nitrogens with one attached hydrogen (secondary N) is 1. The van der Waals surface area contributed by atoms with Gasteiger partial charge in [-0.25, -0.2) is 0 Å². The third kappa shape index (κ3) is 2.34. The molecule has 0 saturated carbocycles. The maximum absolute atomic E-state index is 11.0. The largest absolute Gasteiger partial charge is 0.503 e. The number of rotatable bonds is 3. The number of aromatic hydroxyl groups is 1. The maximum atomic E-state index is 11.0. The molecule has 0 fully saturated rings. The van der Waals surface area contributed by atoms with E-state index in [1.165, 1.54) is 12.3 Å². The van der Waals surface area contributed by atoms with Crippen molar-refractivity contribution in [1.29, 1.82) is 0 Å². The van der Waals surface area contributed by atoms with Crippen molar-refractivity contribution in [2.75, 3.05) is 0 Å². The van der Waals surface area contributed by atoms with E-state index in [1.807, 2.05) is 0 Å². The van der Waals surface area contributed by atoms with Crippen LogP contribution in [-0.4, -0.2) is 16.6 Å². The fraction of sp³-hybridized carbons (Fsp3) is 0. The zero-order valence-electron chi connectivity index (χ0n) is 8.71. The van der Waals surface area contributed by atoms with E-state index in [-0.39, 0.29) is 5.75 Å². The van der Waals surface area contributed by atoms with Gasteiger partial charge in [-0.1, -0.05) is 12.1 Å². The second kappa shape index (κ2) is 4.52. The van der Waals surface area contributed by atoms with Crippen LogP contribution in [0.15, 0.2) is 41.3 Å². The minimum Gasteiger partial charge on any atom is -0.503 e. The molecule has 86 valence electrons. The Morgan fingerprint density at radius 3 is 2.76 bits per heavy atom. The molecular formula is C12H9NO4. The molecule has 0 atom stereocenters. The van der Waals surface area contributed by atoms with Crippen LogP contribution in [0, 0.1) is 0 Å². The Morgan fingerprint density at radius 2 is 2.06 bits per heavy atom. The minimum atomic E-state index is -0.547. The zero-order valence-corrected chi connectivity index (χ0v) is 8.71. The Balaban J connectivity index is 2.45. The number of aromatic nitrogens is 1. The normalized spacial score (nSPS) is 9.88. The molecule has 5 nitrogen and oxygen atoms in total. The summed E-state index contributed by atoms with van der Waals surface area (Å²) in [4.78, 5) is 23.6. The average Bonchev–Trinajstić information content (AvgIpc) is 2.33. The summed E-state index contributed by atoms with van der Waals surface area (Å²) in [5.41, 5.74) is 0.795. The first-order valence-corrected chi connectivity index (χ1v) is 4.83. The van der Waals surface area contributed by atoms with Gasteiger partial charge in [0.05, 0.1) is 0 Å². The molecule has 0 aliphatic carbocycles.